The monoisotopic (exact) mass is 674 g/mol. The number of nitrogens with one attached hydrogen (secondary N) is 1. The predicted octanol–water partition coefficient (Wildman–Crippen LogP) is 7.27. The third kappa shape index (κ3) is 6.58. The second kappa shape index (κ2) is 12.7. The van der Waals surface area contributed by atoms with Gasteiger partial charge in [0.25, 0.3) is 5.91 Å². The Labute approximate surface area is 248 Å². The van der Waals surface area contributed by atoms with E-state index in [1.54, 1.807) is 12.1 Å². The van der Waals surface area contributed by atoms with Crippen molar-refractivity contribution >= 4 is 71.7 Å². The van der Waals surface area contributed by atoms with Gasteiger partial charge in [-0.2, -0.15) is 15.1 Å². The third-order valence-corrected chi connectivity index (χ3v) is 8.67. The van der Waals surface area contributed by atoms with Crippen LogP contribution in [0.2, 0.25) is 0 Å². The maximum Gasteiger partial charge on any atom is 0.283 e. The molecule has 0 unspecified atom stereocenters. The molecule has 204 valence electrons. The fourth-order valence-electron chi connectivity index (χ4n) is 4.60. The predicted molar refractivity (Wildman–Crippen MR) is 162 cm³/mol. The van der Waals surface area contributed by atoms with E-state index in [4.69, 9.17) is 19.6 Å². The van der Waals surface area contributed by atoms with Gasteiger partial charge in [0.15, 0.2) is 17.3 Å². The van der Waals surface area contributed by atoms with E-state index in [0.717, 1.165) is 28.1 Å². The molecule has 1 aliphatic carbocycles. The van der Waals surface area contributed by atoms with E-state index < -0.39 is 5.91 Å². The van der Waals surface area contributed by atoms with Crippen molar-refractivity contribution in [3.05, 3.63) is 56.5 Å². The molecule has 11 heteroatoms. The average molecular weight is 676 g/mol. The first kappa shape index (κ1) is 27.9. The van der Waals surface area contributed by atoms with Gasteiger partial charge in [0, 0.05) is 10.4 Å². The molecule has 0 aromatic heterocycles. The van der Waals surface area contributed by atoms with E-state index in [1.807, 2.05) is 37.3 Å². The first-order valence-corrected chi connectivity index (χ1v) is 15.3. The van der Waals surface area contributed by atoms with Gasteiger partial charge < -0.3 is 14.2 Å². The second-order valence-corrected chi connectivity index (χ2v) is 12.0. The minimum Gasteiger partial charge on any atom is -0.490 e. The molecule has 0 atom stereocenters. The topological polar surface area (TPSA) is 96.6 Å². The first-order valence-electron chi connectivity index (χ1n) is 12.9. The summed E-state index contributed by atoms with van der Waals surface area (Å²) in [7, 11) is 0. The van der Waals surface area contributed by atoms with Crippen molar-refractivity contribution in [2.75, 3.05) is 19.8 Å². The molecule has 39 heavy (non-hydrogen) atoms. The third-order valence-electron chi connectivity index (χ3n) is 6.48. The molecule has 5 rings (SSSR count). The highest BCUT2D eigenvalue weighted by Gasteiger charge is 2.38. The summed E-state index contributed by atoms with van der Waals surface area (Å²) in [6.07, 6.45) is 7.47. The molecule has 0 spiro atoms. The van der Waals surface area contributed by atoms with Crippen LogP contribution in [0.25, 0.3) is 6.08 Å². The number of amides is 1. The number of thioether (sulfide) groups is 1. The van der Waals surface area contributed by atoms with Gasteiger partial charge in [0.2, 0.25) is 5.17 Å². The highest BCUT2D eigenvalue weighted by Crippen LogP contribution is 2.39. The van der Waals surface area contributed by atoms with Crippen LogP contribution < -0.4 is 14.2 Å². The number of nitrogens with zero attached hydrogens (tertiary/aromatic N) is 3. The molecule has 1 N–H and O–H groups in total. The normalized spacial score (nSPS) is 18.6. The largest absolute Gasteiger partial charge is 0.490 e. The molecule has 0 bridgehead atoms. The van der Waals surface area contributed by atoms with Crippen molar-refractivity contribution in [1.82, 2.24) is 5.01 Å². The number of hydrogen-bond acceptors (Lipinski definition) is 7. The highest BCUT2D eigenvalue weighted by molar-refractivity contribution is 9.10. The van der Waals surface area contributed by atoms with Crippen LogP contribution in [0.4, 0.5) is 0 Å². The van der Waals surface area contributed by atoms with Crippen LogP contribution in [-0.4, -0.2) is 46.8 Å². The summed E-state index contributed by atoms with van der Waals surface area (Å²) in [6.45, 7) is 2.99. The first-order chi connectivity index (χ1) is 18.9. The second-order valence-electron chi connectivity index (χ2n) is 9.21. The quantitative estimate of drug-likeness (QED) is 0.222. The minimum atomic E-state index is -0.446. The van der Waals surface area contributed by atoms with Gasteiger partial charge in [-0.25, -0.2) is 0 Å². The minimum absolute atomic E-state index is 0.0304. The van der Waals surface area contributed by atoms with Crippen LogP contribution in [0.15, 0.2) is 61.0 Å². The summed E-state index contributed by atoms with van der Waals surface area (Å²) in [6, 6.07) is 11.2. The zero-order valence-electron chi connectivity index (χ0n) is 21.4. The number of fused-ring (bicyclic) bond motifs is 1. The zero-order valence-corrected chi connectivity index (χ0v) is 25.4. The van der Waals surface area contributed by atoms with Crippen molar-refractivity contribution in [3.63, 3.8) is 0 Å². The van der Waals surface area contributed by atoms with Crippen LogP contribution >= 0.6 is 43.6 Å². The lowest BCUT2D eigenvalue weighted by molar-refractivity contribution is -0.114. The van der Waals surface area contributed by atoms with Gasteiger partial charge in [-0.3, -0.25) is 10.2 Å². The summed E-state index contributed by atoms with van der Waals surface area (Å²) in [5, 5.41) is 16.3. The number of carbonyl (C=O) groups excluding carboxylic acids is 1. The molecule has 0 radical (unpaired) electrons. The van der Waals surface area contributed by atoms with E-state index in [1.165, 1.54) is 36.0 Å². The lowest BCUT2D eigenvalue weighted by atomic mass is 9.90. The smallest absolute Gasteiger partial charge is 0.283 e. The number of carbonyl (C=O) groups is 1. The van der Waals surface area contributed by atoms with Crippen LogP contribution in [0.1, 0.15) is 44.6 Å². The average Bonchev–Trinajstić information content (AvgIpc) is 3.36. The number of benzene rings is 2. The Balaban J connectivity index is 1.31. The van der Waals surface area contributed by atoms with Crippen molar-refractivity contribution in [3.8, 4) is 17.2 Å². The molecule has 3 aliphatic rings. The molecule has 2 heterocycles. The summed E-state index contributed by atoms with van der Waals surface area (Å²) in [4.78, 5) is 17.2. The summed E-state index contributed by atoms with van der Waals surface area (Å²) >= 11 is 8.41. The number of rotatable bonds is 9. The lowest BCUT2D eigenvalue weighted by Crippen LogP contribution is -2.35. The summed E-state index contributed by atoms with van der Waals surface area (Å²) in [5.74, 6) is 1.79. The van der Waals surface area contributed by atoms with Gasteiger partial charge in [0.1, 0.15) is 24.0 Å². The van der Waals surface area contributed by atoms with Crippen LogP contribution in [0.3, 0.4) is 0 Å². The molecule has 0 saturated heterocycles. The van der Waals surface area contributed by atoms with E-state index >= 15 is 0 Å². The van der Waals surface area contributed by atoms with Crippen LogP contribution in [0.5, 0.6) is 17.2 Å². The molecular weight excluding hydrogens is 648 g/mol. The van der Waals surface area contributed by atoms with E-state index in [0.29, 0.717) is 52.4 Å². The Hall–Kier alpha value is -2.63. The fraction of sp³-hybridized carbons (Fsp3) is 0.357. The lowest BCUT2D eigenvalue weighted by Gasteiger charge is -2.20. The van der Waals surface area contributed by atoms with Crippen molar-refractivity contribution in [2.45, 2.75) is 39.0 Å². The number of amidine groups is 2. The standard InChI is InChI=1S/C28H28Br2N4O4S/c1-2-36-23-16-17(15-22(30)24(23)38-13-12-37-20-10-8-19(29)9-11-20)14-21-25(31)34-28(32-26(21)35)39-27(33-34)18-6-4-3-5-7-18/h8-11,14-16,18,31H,2-7,12-13H2,1H3/b21-14-,31-25?. The molecule has 2 aromatic carbocycles. The SMILES string of the molecule is CCOc1cc(/C=C2/C(=N)N3N=C(C4CCCCC4)SC3=NC2=O)cc(Br)c1OCCOc1ccc(Br)cc1. The number of aliphatic imine (C=N–C) groups is 1. The van der Waals surface area contributed by atoms with Crippen LogP contribution in [-0.2, 0) is 4.79 Å². The highest BCUT2D eigenvalue weighted by atomic mass is 79.9. The van der Waals surface area contributed by atoms with Crippen LogP contribution in [0, 0.1) is 11.3 Å². The number of halogens is 2. The van der Waals surface area contributed by atoms with Gasteiger partial charge in [-0.05, 0) is 95.5 Å². The van der Waals surface area contributed by atoms with Gasteiger partial charge in [-0.15, -0.1) is 0 Å². The molecule has 2 aromatic rings. The van der Waals surface area contributed by atoms with Gasteiger partial charge in [-0.1, -0.05) is 35.2 Å². The molecule has 8 nitrogen and oxygen atoms in total. The Morgan fingerprint density at radius 1 is 1.08 bits per heavy atom. The van der Waals surface area contributed by atoms with E-state index in [2.05, 4.69) is 42.0 Å². The fourth-order valence-corrected chi connectivity index (χ4v) is 6.49. The molecule has 2 aliphatic heterocycles. The maximum absolute atomic E-state index is 12.9. The summed E-state index contributed by atoms with van der Waals surface area (Å²) in [5.41, 5.74) is 0.859. The number of ether oxygens (including phenoxy) is 3. The molecular formula is C28H28Br2N4O4S. The van der Waals surface area contributed by atoms with Crippen molar-refractivity contribution in [2.24, 2.45) is 16.0 Å². The molecule has 1 fully saturated rings. The maximum atomic E-state index is 12.9. The Kier molecular flexibility index (Phi) is 9.09. The number of hydrazone groups is 1. The van der Waals surface area contributed by atoms with Gasteiger partial charge >= 0.3 is 0 Å². The van der Waals surface area contributed by atoms with Crippen molar-refractivity contribution < 1.29 is 19.0 Å². The van der Waals surface area contributed by atoms with Gasteiger partial charge in [0.05, 0.1) is 16.7 Å². The van der Waals surface area contributed by atoms with Crippen molar-refractivity contribution in [1.29, 1.82) is 5.41 Å². The molecule has 1 saturated carbocycles. The molecule has 1 amide bonds. The van der Waals surface area contributed by atoms with E-state index in [-0.39, 0.29) is 11.4 Å². The summed E-state index contributed by atoms with van der Waals surface area (Å²) < 4.78 is 19.2. The zero-order chi connectivity index (χ0) is 27.4. The number of hydrogen-bond donors (Lipinski definition) is 1. The Bertz CT molecular complexity index is 1350. The van der Waals surface area contributed by atoms with E-state index in [9.17, 15) is 4.79 Å². The Morgan fingerprint density at radius 3 is 2.56 bits per heavy atom. The Morgan fingerprint density at radius 2 is 1.82 bits per heavy atom.